The third-order valence-corrected chi connectivity index (χ3v) is 4.55. The Morgan fingerprint density at radius 2 is 1.96 bits per heavy atom. The van der Waals surface area contributed by atoms with Gasteiger partial charge in [-0.3, -0.25) is 9.79 Å². The van der Waals surface area contributed by atoms with Gasteiger partial charge in [-0.1, -0.05) is 0 Å². The number of hydrogen-bond acceptors (Lipinski definition) is 5. The number of carbonyl (C=O) groups excluding carboxylic acids is 1. The number of fused-ring (bicyclic) bond motifs is 1. The molecule has 1 aromatic heterocycles. The van der Waals surface area contributed by atoms with Crippen LogP contribution in [0.5, 0.6) is 11.5 Å². The molecule has 3 N–H and O–H groups in total. The van der Waals surface area contributed by atoms with Gasteiger partial charge in [-0.15, -0.1) is 0 Å². The Labute approximate surface area is 157 Å². The first-order valence-electron chi connectivity index (χ1n) is 8.63. The highest BCUT2D eigenvalue weighted by atomic mass is 16.5. The van der Waals surface area contributed by atoms with Crippen molar-refractivity contribution in [3.05, 3.63) is 46.9 Å². The highest BCUT2D eigenvalue weighted by Crippen LogP contribution is 2.33. The van der Waals surface area contributed by atoms with Gasteiger partial charge >= 0.3 is 0 Å². The van der Waals surface area contributed by atoms with Gasteiger partial charge in [0, 0.05) is 20.1 Å². The molecule has 2 heterocycles. The number of guanidine groups is 1. The summed E-state index contributed by atoms with van der Waals surface area (Å²) in [4.78, 5) is 17.6. The average Bonchev–Trinajstić information content (AvgIpc) is 3.16. The van der Waals surface area contributed by atoms with Crippen molar-refractivity contribution in [2.45, 2.75) is 19.5 Å². The summed E-state index contributed by atoms with van der Waals surface area (Å²) in [6.45, 7) is 1.95. The fourth-order valence-corrected chi connectivity index (χ4v) is 3.17. The van der Waals surface area contributed by atoms with E-state index in [1.165, 1.54) is 11.1 Å². The number of primary amides is 1. The number of furan rings is 1. The third kappa shape index (κ3) is 3.99. The van der Waals surface area contributed by atoms with E-state index in [9.17, 15) is 4.79 Å². The highest BCUT2D eigenvalue weighted by Gasteiger charge is 2.22. The second-order valence-electron chi connectivity index (χ2n) is 6.18. The lowest BCUT2D eigenvalue weighted by molar-refractivity contribution is 0.0972. The Kier molecular flexibility index (Phi) is 5.54. The minimum absolute atomic E-state index is 0.148. The topological polar surface area (TPSA) is 102 Å². The number of carbonyl (C=O) groups is 1. The van der Waals surface area contributed by atoms with Crippen LogP contribution in [0.4, 0.5) is 0 Å². The molecule has 0 bridgehead atoms. The van der Waals surface area contributed by atoms with Crippen LogP contribution in [0.25, 0.3) is 0 Å². The van der Waals surface area contributed by atoms with Gasteiger partial charge in [0.25, 0.3) is 5.91 Å². The van der Waals surface area contributed by atoms with Gasteiger partial charge in [-0.2, -0.15) is 0 Å². The number of nitrogens with zero attached hydrogens (tertiary/aromatic N) is 2. The number of aliphatic imine (C=N–C) groups is 1. The zero-order valence-corrected chi connectivity index (χ0v) is 15.7. The maximum Gasteiger partial charge on any atom is 0.284 e. The predicted molar refractivity (Wildman–Crippen MR) is 101 cm³/mol. The van der Waals surface area contributed by atoms with Crippen LogP contribution in [-0.4, -0.2) is 44.6 Å². The van der Waals surface area contributed by atoms with Crippen molar-refractivity contribution in [3.63, 3.8) is 0 Å². The van der Waals surface area contributed by atoms with Crippen LogP contribution in [0.15, 0.2) is 33.7 Å². The fraction of sp³-hybridized carbons (Fsp3) is 0.368. The molecule has 0 aliphatic carbocycles. The molecule has 144 valence electrons. The molecule has 1 amide bonds. The van der Waals surface area contributed by atoms with E-state index in [0.29, 0.717) is 18.8 Å². The zero-order valence-electron chi connectivity index (χ0n) is 15.7. The molecule has 0 fully saturated rings. The van der Waals surface area contributed by atoms with E-state index in [-0.39, 0.29) is 5.76 Å². The molecule has 8 nitrogen and oxygen atoms in total. The largest absolute Gasteiger partial charge is 0.493 e. The van der Waals surface area contributed by atoms with Gasteiger partial charge in [0.1, 0.15) is 5.76 Å². The van der Waals surface area contributed by atoms with Crippen molar-refractivity contribution < 1.29 is 18.7 Å². The van der Waals surface area contributed by atoms with Crippen LogP contribution in [-0.2, 0) is 19.5 Å². The first kappa shape index (κ1) is 18.6. The molecule has 0 atom stereocenters. The van der Waals surface area contributed by atoms with E-state index in [4.69, 9.17) is 19.6 Å². The van der Waals surface area contributed by atoms with Crippen molar-refractivity contribution in [3.8, 4) is 11.5 Å². The van der Waals surface area contributed by atoms with E-state index >= 15 is 0 Å². The quantitative estimate of drug-likeness (QED) is 0.610. The lowest BCUT2D eigenvalue weighted by Gasteiger charge is -2.32. The van der Waals surface area contributed by atoms with Gasteiger partial charge in [0.05, 0.1) is 20.8 Å². The molecule has 8 heteroatoms. The molecule has 1 aliphatic heterocycles. The summed E-state index contributed by atoms with van der Waals surface area (Å²) >= 11 is 0. The number of ether oxygens (including phenoxy) is 2. The molecule has 0 saturated carbocycles. The number of amides is 1. The lowest BCUT2D eigenvalue weighted by atomic mass is 9.99. The summed E-state index contributed by atoms with van der Waals surface area (Å²) in [5.74, 6) is 2.41. The average molecular weight is 372 g/mol. The number of nitrogens with one attached hydrogen (secondary N) is 1. The first-order chi connectivity index (χ1) is 13.0. The monoisotopic (exact) mass is 372 g/mol. The van der Waals surface area contributed by atoms with Crippen molar-refractivity contribution in [1.29, 1.82) is 0 Å². The van der Waals surface area contributed by atoms with E-state index in [1.54, 1.807) is 33.4 Å². The van der Waals surface area contributed by atoms with Crippen molar-refractivity contribution in [2.24, 2.45) is 10.7 Å². The number of methoxy groups -OCH3 is 2. The molecule has 1 aromatic carbocycles. The predicted octanol–water partition coefficient (Wildman–Crippen LogP) is 1.53. The molecular weight excluding hydrogens is 348 g/mol. The summed E-state index contributed by atoms with van der Waals surface area (Å²) in [6, 6.07) is 7.34. The lowest BCUT2D eigenvalue weighted by Crippen LogP contribution is -2.43. The van der Waals surface area contributed by atoms with Crippen molar-refractivity contribution >= 4 is 11.9 Å². The second kappa shape index (κ2) is 8.03. The Morgan fingerprint density at radius 1 is 1.26 bits per heavy atom. The summed E-state index contributed by atoms with van der Waals surface area (Å²) in [5, 5.41) is 3.26. The maximum absolute atomic E-state index is 11.1. The molecular formula is C19H24N4O4. The molecule has 1 aliphatic rings. The molecule has 0 unspecified atom stereocenters. The number of hydrogen-bond donors (Lipinski definition) is 2. The Balaban J connectivity index is 1.69. The molecule has 27 heavy (non-hydrogen) atoms. The van der Waals surface area contributed by atoms with E-state index in [1.807, 2.05) is 12.1 Å². The molecule has 0 spiro atoms. The fourth-order valence-electron chi connectivity index (χ4n) is 3.17. The van der Waals surface area contributed by atoms with Gasteiger partial charge in [0.2, 0.25) is 0 Å². The van der Waals surface area contributed by atoms with Crippen LogP contribution >= 0.6 is 0 Å². The van der Waals surface area contributed by atoms with Crippen LogP contribution in [0.3, 0.4) is 0 Å². The van der Waals surface area contributed by atoms with Crippen LogP contribution in [0.2, 0.25) is 0 Å². The molecule has 0 saturated heterocycles. The van der Waals surface area contributed by atoms with Crippen LogP contribution in [0.1, 0.15) is 27.4 Å². The summed E-state index contributed by atoms with van der Waals surface area (Å²) in [5.41, 5.74) is 7.63. The molecule has 3 rings (SSSR count). The summed E-state index contributed by atoms with van der Waals surface area (Å²) < 4.78 is 16.2. The Bertz CT molecular complexity index is 859. The highest BCUT2D eigenvalue weighted by molar-refractivity contribution is 5.89. The molecule has 2 aromatic rings. The molecule has 0 radical (unpaired) electrons. The normalized spacial score (nSPS) is 13.9. The van der Waals surface area contributed by atoms with Crippen molar-refractivity contribution in [1.82, 2.24) is 10.2 Å². The third-order valence-electron chi connectivity index (χ3n) is 4.55. The minimum Gasteiger partial charge on any atom is -0.493 e. The van der Waals surface area contributed by atoms with Gasteiger partial charge in [0.15, 0.2) is 23.2 Å². The Hall–Kier alpha value is -3.16. The SMILES string of the molecule is CN=C(NCc1ccc(C(N)=O)o1)N1CCc2cc(OC)c(OC)cc2C1. The number of benzene rings is 1. The maximum atomic E-state index is 11.1. The smallest absolute Gasteiger partial charge is 0.284 e. The second-order valence-corrected chi connectivity index (χ2v) is 6.18. The van der Waals surface area contributed by atoms with E-state index in [0.717, 1.165) is 30.4 Å². The number of rotatable bonds is 5. The van der Waals surface area contributed by atoms with Crippen LogP contribution < -0.4 is 20.5 Å². The van der Waals surface area contributed by atoms with Gasteiger partial charge in [-0.25, -0.2) is 0 Å². The zero-order chi connectivity index (χ0) is 19.4. The van der Waals surface area contributed by atoms with Crippen molar-refractivity contribution in [2.75, 3.05) is 27.8 Å². The Morgan fingerprint density at radius 3 is 2.56 bits per heavy atom. The first-order valence-corrected chi connectivity index (χ1v) is 8.63. The summed E-state index contributed by atoms with van der Waals surface area (Å²) in [7, 11) is 5.02. The van der Waals surface area contributed by atoms with Gasteiger partial charge in [-0.05, 0) is 41.8 Å². The van der Waals surface area contributed by atoms with Gasteiger partial charge < -0.3 is 29.8 Å². The van der Waals surface area contributed by atoms with Crippen LogP contribution in [0, 0.1) is 0 Å². The minimum atomic E-state index is -0.581. The standard InChI is InChI=1S/C19H24N4O4/c1-21-19(22-10-14-4-5-15(27-14)18(20)24)23-7-6-12-8-16(25-2)17(26-3)9-13(12)11-23/h4-5,8-9H,6-7,10-11H2,1-3H3,(H2,20,24)(H,21,22). The summed E-state index contributed by atoms with van der Waals surface area (Å²) in [6.07, 6.45) is 0.878. The van der Waals surface area contributed by atoms with E-state index in [2.05, 4.69) is 15.2 Å². The van der Waals surface area contributed by atoms with E-state index < -0.39 is 5.91 Å². The number of nitrogens with two attached hydrogens (primary N) is 1.